The van der Waals surface area contributed by atoms with E-state index in [1.165, 1.54) is 69.2 Å². The molecule has 0 unspecified atom stereocenters. The maximum atomic E-state index is 5.54. The van der Waals surface area contributed by atoms with Gasteiger partial charge in [-0.3, -0.25) is 4.57 Å². The van der Waals surface area contributed by atoms with E-state index < -0.39 is 0 Å². The number of hydrogen-bond acceptors (Lipinski definition) is 3. The molecule has 0 fully saturated rings. The van der Waals surface area contributed by atoms with E-state index in [1.807, 2.05) is 11.3 Å². The highest BCUT2D eigenvalue weighted by Gasteiger charge is 2.22. The number of nitrogens with zero attached hydrogens (tertiary/aromatic N) is 3. The molecule has 12 aromatic rings. The SMILES string of the molecule is c1ccc2c(-c3ccc(-c4nc(-n5c6c(-c7ccc8c(c7)sc7ccccc78)cccc6c6ccc7ccccc7c65)nc5ccccc45)cc3)cccc2c1. The van der Waals surface area contributed by atoms with Crippen molar-refractivity contribution in [2.75, 3.05) is 0 Å². The molecule has 0 spiro atoms. The molecule has 0 aliphatic rings. The highest BCUT2D eigenvalue weighted by molar-refractivity contribution is 7.25. The minimum Gasteiger partial charge on any atom is -0.277 e. The van der Waals surface area contributed by atoms with Gasteiger partial charge in [-0.05, 0) is 51.0 Å². The molecular formula is C52H31N3S. The molecule has 9 aromatic carbocycles. The van der Waals surface area contributed by atoms with Gasteiger partial charge in [-0.2, -0.15) is 0 Å². The molecule has 4 heteroatoms. The second-order valence-corrected chi connectivity index (χ2v) is 15.6. The largest absolute Gasteiger partial charge is 0.277 e. The molecule has 3 aromatic heterocycles. The van der Waals surface area contributed by atoms with Gasteiger partial charge in [0.25, 0.3) is 0 Å². The first-order valence-electron chi connectivity index (χ1n) is 19.0. The number of rotatable bonds is 4. The Balaban J connectivity index is 1.12. The standard InChI is InChI=1S/C52H31N3S/c1-3-14-37-32(11-1)13-9-18-38(37)34-23-25-35(26-24-34)49-45-17-5-7-21-46(45)53-52(54-49)55-50-39-15-4-2-12-33(39)27-30-44(50)43-20-10-19-40(51(43)55)36-28-29-42-41-16-6-8-22-47(41)56-48(42)31-36/h1-31H. The van der Waals surface area contributed by atoms with Crippen LogP contribution in [0.25, 0.3) is 114 Å². The first kappa shape index (κ1) is 31.2. The van der Waals surface area contributed by atoms with Crippen molar-refractivity contribution in [2.24, 2.45) is 0 Å². The van der Waals surface area contributed by atoms with E-state index in [4.69, 9.17) is 9.97 Å². The summed E-state index contributed by atoms with van der Waals surface area (Å²) in [7, 11) is 0. The van der Waals surface area contributed by atoms with Crippen molar-refractivity contribution >= 4 is 85.8 Å². The van der Waals surface area contributed by atoms with E-state index in [0.29, 0.717) is 5.95 Å². The normalized spacial score (nSPS) is 11.9. The topological polar surface area (TPSA) is 30.7 Å². The third kappa shape index (κ3) is 4.70. The van der Waals surface area contributed by atoms with Crippen LogP contribution < -0.4 is 0 Å². The van der Waals surface area contributed by atoms with Crippen LogP contribution in [0.1, 0.15) is 0 Å². The first-order valence-corrected chi connectivity index (χ1v) is 19.8. The lowest BCUT2D eigenvalue weighted by Gasteiger charge is -2.15. The highest BCUT2D eigenvalue weighted by Crippen LogP contribution is 2.43. The number of benzene rings is 9. The summed E-state index contributed by atoms with van der Waals surface area (Å²) in [6.45, 7) is 0. The van der Waals surface area contributed by atoms with E-state index >= 15 is 0 Å². The maximum absolute atomic E-state index is 5.54. The van der Waals surface area contributed by atoms with Crippen LogP contribution in [0.4, 0.5) is 0 Å². The van der Waals surface area contributed by atoms with E-state index in [9.17, 15) is 0 Å². The predicted octanol–water partition coefficient (Wildman–Crippen LogP) is 14.4. The summed E-state index contributed by atoms with van der Waals surface area (Å²) >= 11 is 1.85. The van der Waals surface area contributed by atoms with Gasteiger partial charge in [0.2, 0.25) is 5.95 Å². The Morgan fingerprint density at radius 3 is 1.82 bits per heavy atom. The van der Waals surface area contributed by atoms with Gasteiger partial charge in [0.15, 0.2) is 0 Å². The molecule has 0 saturated carbocycles. The summed E-state index contributed by atoms with van der Waals surface area (Å²) in [6.07, 6.45) is 0. The van der Waals surface area contributed by atoms with Gasteiger partial charge in [-0.1, -0.05) is 170 Å². The van der Waals surface area contributed by atoms with Gasteiger partial charge in [-0.25, -0.2) is 9.97 Å². The van der Waals surface area contributed by atoms with Crippen molar-refractivity contribution in [2.45, 2.75) is 0 Å². The zero-order valence-corrected chi connectivity index (χ0v) is 31.0. The molecular weight excluding hydrogens is 699 g/mol. The van der Waals surface area contributed by atoms with Crippen LogP contribution in [0.2, 0.25) is 0 Å². The van der Waals surface area contributed by atoms with Crippen molar-refractivity contribution in [3.63, 3.8) is 0 Å². The summed E-state index contributed by atoms with van der Waals surface area (Å²) in [4.78, 5) is 10.9. The Hall–Kier alpha value is -7.14. The van der Waals surface area contributed by atoms with E-state index in [-0.39, 0.29) is 0 Å². The second kappa shape index (κ2) is 12.2. The minimum absolute atomic E-state index is 0.656. The Morgan fingerprint density at radius 1 is 0.357 bits per heavy atom. The zero-order valence-electron chi connectivity index (χ0n) is 30.1. The van der Waals surface area contributed by atoms with E-state index in [0.717, 1.165) is 38.8 Å². The Bertz CT molecular complexity index is 3530. The predicted molar refractivity (Wildman–Crippen MR) is 238 cm³/mol. The second-order valence-electron chi connectivity index (χ2n) is 14.5. The van der Waals surface area contributed by atoms with Crippen LogP contribution in [-0.2, 0) is 0 Å². The molecule has 0 amide bonds. The molecule has 3 heterocycles. The monoisotopic (exact) mass is 729 g/mol. The molecule has 0 aliphatic carbocycles. The lowest BCUT2D eigenvalue weighted by molar-refractivity contribution is 1.02. The molecule has 0 N–H and O–H groups in total. The summed E-state index contributed by atoms with van der Waals surface area (Å²) < 4.78 is 4.92. The van der Waals surface area contributed by atoms with Crippen LogP contribution in [0.3, 0.4) is 0 Å². The molecule has 260 valence electrons. The summed E-state index contributed by atoms with van der Waals surface area (Å²) in [6, 6.07) is 67.8. The lowest BCUT2D eigenvalue weighted by Crippen LogP contribution is -2.04. The lowest BCUT2D eigenvalue weighted by atomic mass is 9.96. The van der Waals surface area contributed by atoms with Crippen LogP contribution in [0.5, 0.6) is 0 Å². The van der Waals surface area contributed by atoms with E-state index in [2.05, 4.69) is 193 Å². The molecule has 0 saturated heterocycles. The van der Waals surface area contributed by atoms with Crippen LogP contribution >= 0.6 is 11.3 Å². The van der Waals surface area contributed by atoms with Crippen molar-refractivity contribution in [1.82, 2.24) is 14.5 Å². The van der Waals surface area contributed by atoms with Crippen LogP contribution in [0.15, 0.2) is 188 Å². The molecule has 0 atom stereocenters. The fraction of sp³-hybridized carbons (Fsp3) is 0. The van der Waals surface area contributed by atoms with Crippen molar-refractivity contribution < 1.29 is 0 Å². The fourth-order valence-electron chi connectivity index (χ4n) is 8.82. The van der Waals surface area contributed by atoms with Gasteiger partial charge in [0.1, 0.15) is 0 Å². The third-order valence-corrected chi connectivity index (χ3v) is 12.5. The fourth-order valence-corrected chi connectivity index (χ4v) is 9.97. The average molecular weight is 730 g/mol. The Morgan fingerprint density at radius 2 is 0.946 bits per heavy atom. The Labute approximate surface area is 326 Å². The summed E-state index contributed by atoms with van der Waals surface area (Å²) in [5.41, 5.74) is 9.81. The van der Waals surface area contributed by atoms with Crippen molar-refractivity contribution in [3.05, 3.63) is 188 Å². The van der Waals surface area contributed by atoms with Gasteiger partial charge in [-0.15, -0.1) is 11.3 Å². The summed E-state index contributed by atoms with van der Waals surface area (Å²) in [5.74, 6) is 0.656. The smallest absolute Gasteiger partial charge is 0.235 e. The molecule has 0 aliphatic heterocycles. The molecule has 0 radical (unpaired) electrons. The first-order chi connectivity index (χ1) is 27.8. The molecule has 3 nitrogen and oxygen atoms in total. The Kier molecular flexibility index (Phi) is 6.80. The van der Waals surface area contributed by atoms with Crippen molar-refractivity contribution in [3.8, 4) is 39.5 Å². The van der Waals surface area contributed by atoms with Gasteiger partial charge in [0, 0.05) is 52.8 Å². The van der Waals surface area contributed by atoms with Gasteiger partial charge >= 0.3 is 0 Å². The van der Waals surface area contributed by atoms with Crippen LogP contribution in [-0.4, -0.2) is 14.5 Å². The number of hydrogen-bond donors (Lipinski definition) is 0. The highest BCUT2D eigenvalue weighted by atomic mass is 32.1. The number of thiophene rings is 1. The molecule has 12 rings (SSSR count). The quantitative estimate of drug-likeness (QED) is 0.181. The maximum Gasteiger partial charge on any atom is 0.235 e. The minimum atomic E-state index is 0.656. The number of aromatic nitrogens is 3. The molecule has 0 bridgehead atoms. The van der Waals surface area contributed by atoms with Crippen LogP contribution in [0, 0.1) is 0 Å². The van der Waals surface area contributed by atoms with E-state index in [1.54, 1.807) is 0 Å². The molecule has 56 heavy (non-hydrogen) atoms. The number of fused-ring (bicyclic) bond motifs is 10. The third-order valence-electron chi connectivity index (χ3n) is 11.4. The van der Waals surface area contributed by atoms with Gasteiger partial charge in [0.05, 0.1) is 22.2 Å². The zero-order chi connectivity index (χ0) is 36.7. The average Bonchev–Trinajstić information content (AvgIpc) is 3.82. The van der Waals surface area contributed by atoms with Gasteiger partial charge < -0.3 is 0 Å². The summed E-state index contributed by atoms with van der Waals surface area (Å²) in [5, 5.41) is 10.8. The number of para-hydroxylation sites is 2. The van der Waals surface area contributed by atoms with Crippen molar-refractivity contribution in [1.29, 1.82) is 0 Å².